The van der Waals surface area contributed by atoms with E-state index in [1.807, 2.05) is 59.8 Å². The number of hydrogen-bond donors (Lipinski definition) is 0. The first-order chi connectivity index (χ1) is 38.3. The Morgan fingerprint density at radius 1 is 0.654 bits per heavy atom. The highest BCUT2D eigenvalue weighted by atomic mass is 16.3. The molecule has 0 N–H and O–H groups in total. The minimum Gasteiger partial charge on any atom is -0.460 e. The molecule has 10 aromatic rings. The lowest BCUT2D eigenvalue weighted by Crippen LogP contribution is -2.28. The number of furan rings is 1. The molecule has 78 heavy (non-hydrogen) atoms. The van der Waals surface area contributed by atoms with Gasteiger partial charge in [0.25, 0.3) is 0 Å². The van der Waals surface area contributed by atoms with E-state index >= 15 is 0 Å². The third-order valence-electron chi connectivity index (χ3n) is 14.9. The van der Waals surface area contributed by atoms with Gasteiger partial charge in [-0.25, -0.2) is 0 Å². The number of aromatic nitrogens is 1. The first-order valence-corrected chi connectivity index (χ1v) is 28.4. The van der Waals surface area contributed by atoms with E-state index in [1.165, 1.54) is 82.7 Å². The molecule has 1 aliphatic carbocycles. The van der Waals surface area contributed by atoms with Crippen molar-refractivity contribution in [1.29, 1.82) is 0 Å². The smallest absolute Gasteiger partial charge is 0.134 e. The third-order valence-corrected chi connectivity index (χ3v) is 14.9. The Labute approximate surface area is 465 Å². The summed E-state index contributed by atoms with van der Waals surface area (Å²) in [6.07, 6.45) is 18.7. The summed E-state index contributed by atoms with van der Waals surface area (Å²) in [4.78, 5) is 2.47. The van der Waals surface area contributed by atoms with Crippen molar-refractivity contribution in [2.45, 2.75) is 101 Å². The number of nitrogens with zero attached hydrogens (tertiary/aromatic N) is 2. The number of benzene rings is 8. The van der Waals surface area contributed by atoms with Crippen LogP contribution in [-0.2, 0) is 12.8 Å². The van der Waals surface area contributed by atoms with Gasteiger partial charge in [-0.05, 0) is 170 Å². The van der Waals surface area contributed by atoms with Gasteiger partial charge in [0.15, 0.2) is 0 Å². The SMILES string of the molecule is C/C=C\C.C=C/C=c1\c(=C/Cc2ccc(N(c3ccc(-c4ccc5oc6c(c5c4)C=CCC6)cc3)c3ccc(-c4ccccc4C)c(C)c3-c3ccccc3C(C)CC)cc2)c2ccccc2n1-c1ccccc1.CC.CC. The molecule has 0 saturated heterocycles. The molecule has 0 radical (unpaired) electrons. The molecule has 0 bridgehead atoms. The average molecular weight is 1020 g/mol. The number of rotatable bonds is 12. The predicted octanol–water partition coefficient (Wildman–Crippen LogP) is 20.6. The molecular weight excluding hydrogens is 945 g/mol. The molecule has 8 aromatic carbocycles. The van der Waals surface area contributed by atoms with Gasteiger partial charge in [0.1, 0.15) is 11.3 Å². The third kappa shape index (κ3) is 11.6. The Hall–Kier alpha value is -8.40. The topological polar surface area (TPSA) is 21.3 Å². The Bertz CT molecular complexity index is 3800. The van der Waals surface area contributed by atoms with Crippen LogP contribution < -0.4 is 15.5 Å². The standard InChI is InChI=1S/C67H58N2O.C4H8.2C2H6/c1-6-19-62-58(57-25-15-17-28-63(57)69(62)51-21-9-8-10-22-51)40-32-48-30-36-52(37-31-48)68(53-38-33-49(34-39-53)50-35-43-66-61(44-50)59-26-16-18-29-65(59)70-66)64-42-41-56(55-24-12-11-20-46(55)4)47(5)67(64)60-27-14-13-23-54(60)45(3)7-2;1-3-4-2;2*1-2/h6,8-17,19-28,30-31,33-45H,1,7,18,29,32H2,2-5H3;3-4H,1-2H3;2*1-2H3/b58-40-,62-19+;4-3-;;. The van der Waals surface area contributed by atoms with E-state index in [0.717, 1.165) is 65.1 Å². The van der Waals surface area contributed by atoms with Crippen molar-refractivity contribution in [3.63, 3.8) is 0 Å². The minimum atomic E-state index is 0.383. The number of anilines is 3. The first-order valence-electron chi connectivity index (χ1n) is 28.4. The molecule has 3 heteroatoms. The van der Waals surface area contributed by atoms with Gasteiger partial charge in [-0.1, -0.05) is 206 Å². The quantitative estimate of drug-likeness (QED) is 0.114. The van der Waals surface area contributed by atoms with Gasteiger partial charge in [0.05, 0.1) is 16.6 Å². The number of fused-ring (bicyclic) bond motifs is 4. The zero-order chi connectivity index (χ0) is 55.1. The van der Waals surface area contributed by atoms with Crippen molar-refractivity contribution >= 4 is 57.2 Å². The highest BCUT2D eigenvalue weighted by Crippen LogP contribution is 2.48. The van der Waals surface area contributed by atoms with E-state index in [0.29, 0.717) is 5.92 Å². The van der Waals surface area contributed by atoms with E-state index in [9.17, 15) is 0 Å². The number of hydrogen-bond acceptors (Lipinski definition) is 2. The van der Waals surface area contributed by atoms with Crippen molar-refractivity contribution in [3.05, 3.63) is 257 Å². The molecule has 0 amide bonds. The van der Waals surface area contributed by atoms with Gasteiger partial charge in [0, 0.05) is 50.6 Å². The van der Waals surface area contributed by atoms with Gasteiger partial charge in [-0.2, -0.15) is 0 Å². The lowest BCUT2D eigenvalue weighted by atomic mass is 9.84. The van der Waals surface area contributed by atoms with Crippen LogP contribution in [0.3, 0.4) is 0 Å². The van der Waals surface area contributed by atoms with Crippen molar-refractivity contribution in [2.24, 2.45) is 0 Å². The number of aryl methyl sites for hydroxylation is 2. The van der Waals surface area contributed by atoms with Crippen LogP contribution in [0.4, 0.5) is 17.1 Å². The van der Waals surface area contributed by atoms with Crippen molar-refractivity contribution in [1.82, 2.24) is 4.57 Å². The van der Waals surface area contributed by atoms with Gasteiger partial charge in [-0.15, -0.1) is 0 Å². The highest BCUT2D eigenvalue weighted by molar-refractivity contribution is 5.96. The van der Waals surface area contributed by atoms with Gasteiger partial charge in [-0.3, -0.25) is 0 Å². The zero-order valence-electron chi connectivity index (χ0n) is 47.8. The molecule has 1 atom stereocenters. The lowest BCUT2D eigenvalue weighted by molar-refractivity contribution is 0.546. The van der Waals surface area contributed by atoms with Crippen molar-refractivity contribution in [3.8, 4) is 39.1 Å². The Morgan fingerprint density at radius 2 is 1.29 bits per heavy atom. The van der Waals surface area contributed by atoms with Gasteiger partial charge in [0.2, 0.25) is 0 Å². The van der Waals surface area contributed by atoms with Gasteiger partial charge >= 0.3 is 0 Å². The van der Waals surface area contributed by atoms with Crippen LogP contribution in [0.25, 0.3) is 79.2 Å². The largest absolute Gasteiger partial charge is 0.460 e. The Morgan fingerprint density at radius 3 is 1.99 bits per heavy atom. The second kappa shape index (κ2) is 26.6. The van der Waals surface area contributed by atoms with E-state index in [2.05, 4.69) is 250 Å². The molecule has 1 unspecified atom stereocenters. The fraction of sp³-hybridized carbons (Fsp3) is 0.200. The van der Waals surface area contributed by atoms with Crippen LogP contribution in [-0.4, -0.2) is 4.57 Å². The van der Waals surface area contributed by atoms with Crippen molar-refractivity contribution < 1.29 is 4.42 Å². The summed E-state index contributed by atoms with van der Waals surface area (Å²) in [6.45, 7) is 25.3. The molecular formula is C75H78N2O. The van der Waals surface area contributed by atoms with E-state index in [1.54, 1.807) is 0 Å². The molecule has 0 saturated carbocycles. The van der Waals surface area contributed by atoms with Crippen LogP contribution in [0.1, 0.15) is 108 Å². The second-order valence-electron chi connectivity index (χ2n) is 19.4. The molecule has 11 rings (SSSR count). The molecule has 2 aromatic heterocycles. The lowest BCUT2D eigenvalue weighted by Gasteiger charge is -2.31. The van der Waals surface area contributed by atoms with Crippen LogP contribution in [0.15, 0.2) is 217 Å². The second-order valence-corrected chi connectivity index (χ2v) is 19.4. The normalized spacial score (nSPS) is 12.5. The van der Waals surface area contributed by atoms with Gasteiger partial charge < -0.3 is 13.9 Å². The molecule has 0 spiro atoms. The molecule has 0 fully saturated rings. The Balaban J connectivity index is 0.000000951. The maximum Gasteiger partial charge on any atom is 0.134 e. The summed E-state index contributed by atoms with van der Waals surface area (Å²) in [5, 5.41) is 4.74. The van der Waals surface area contributed by atoms with Crippen molar-refractivity contribution in [2.75, 3.05) is 4.90 Å². The molecule has 1 aliphatic rings. The number of allylic oxidation sites excluding steroid dienone is 4. The summed E-state index contributed by atoms with van der Waals surface area (Å²) < 4.78 is 8.64. The maximum atomic E-state index is 6.29. The summed E-state index contributed by atoms with van der Waals surface area (Å²) >= 11 is 0. The minimum absolute atomic E-state index is 0.383. The molecule has 3 nitrogen and oxygen atoms in total. The highest BCUT2D eigenvalue weighted by Gasteiger charge is 2.24. The average Bonchev–Trinajstić information content (AvgIpc) is 4.12. The zero-order valence-corrected chi connectivity index (χ0v) is 47.8. The maximum absolute atomic E-state index is 6.29. The van der Waals surface area contributed by atoms with E-state index < -0.39 is 0 Å². The van der Waals surface area contributed by atoms with Crippen LogP contribution in [0.5, 0.6) is 0 Å². The van der Waals surface area contributed by atoms with E-state index in [4.69, 9.17) is 4.42 Å². The summed E-state index contributed by atoms with van der Waals surface area (Å²) in [5.41, 5.74) is 20.3. The fourth-order valence-corrected chi connectivity index (χ4v) is 10.8. The van der Waals surface area contributed by atoms with Crippen LogP contribution in [0, 0.1) is 13.8 Å². The first kappa shape index (κ1) is 55.8. The summed E-state index contributed by atoms with van der Waals surface area (Å²) in [6, 6.07) is 66.8. The molecule has 0 aliphatic heterocycles. The summed E-state index contributed by atoms with van der Waals surface area (Å²) in [7, 11) is 0. The van der Waals surface area contributed by atoms with Crippen LogP contribution in [0.2, 0.25) is 0 Å². The Kier molecular flexibility index (Phi) is 19.0. The number of para-hydroxylation sites is 2. The predicted molar refractivity (Wildman–Crippen MR) is 341 cm³/mol. The van der Waals surface area contributed by atoms with Crippen LogP contribution >= 0.6 is 0 Å². The fourth-order valence-electron chi connectivity index (χ4n) is 10.8. The monoisotopic (exact) mass is 1020 g/mol. The molecule has 2 heterocycles. The summed E-state index contributed by atoms with van der Waals surface area (Å²) in [5.74, 6) is 1.47. The van der Waals surface area contributed by atoms with E-state index in [-0.39, 0.29) is 0 Å². The molecule has 394 valence electrons.